The van der Waals surface area contributed by atoms with Crippen LogP contribution in [0.5, 0.6) is 0 Å². The lowest BCUT2D eigenvalue weighted by Crippen LogP contribution is -2.20. The van der Waals surface area contributed by atoms with Gasteiger partial charge in [0.1, 0.15) is 0 Å². The van der Waals surface area contributed by atoms with Crippen LogP contribution in [0.1, 0.15) is 24.3 Å². The summed E-state index contributed by atoms with van der Waals surface area (Å²) in [5.74, 6) is 0. The Morgan fingerprint density at radius 3 is 3.12 bits per heavy atom. The highest BCUT2D eigenvalue weighted by atomic mass is 79.9. The molecule has 0 aliphatic heterocycles. The molecule has 0 saturated carbocycles. The Kier molecular flexibility index (Phi) is 4.76. The van der Waals surface area contributed by atoms with Crippen LogP contribution in [0.2, 0.25) is 0 Å². The van der Waals surface area contributed by atoms with Crippen molar-refractivity contribution in [3.05, 3.63) is 39.5 Å². The molecule has 0 aliphatic rings. The van der Waals surface area contributed by atoms with Gasteiger partial charge in [0, 0.05) is 34.3 Å². The first-order chi connectivity index (χ1) is 8.27. The first-order valence-electron chi connectivity index (χ1n) is 5.69. The van der Waals surface area contributed by atoms with Crippen molar-refractivity contribution in [2.24, 2.45) is 0 Å². The first kappa shape index (κ1) is 12.8. The smallest absolute Gasteiger partial charge is 0.0945 e. The van der Waals surface area contributed by atoms with Crippen molar-refractivity contribution >= 4 is 27.3 Å². The predicted octanol–water partition coefficient (Wildman–Crippen LogP) is 3.45. The Morgan fingerprint density at radius 2 is 2.47 bits per heavy atom. The van der Waals surface area contributed by atoms with E-state index in [0.29, 0.717) is 6.04 Å². The fourth-order valence-corrected chi connectivity index (χ4v) is 3.46. The molecule has 0 bridgehead atoms. The summed E-state index contributed by atoms with van der Waals surface area (Å²) in [6.07, 6.45) is 6.79. The lowest BCUT2D eigenvalue weighted by atomic mass is 10.2. The fourth-order valence-electron chi connectivity index (χ4n) is 1.71. The van der Waals surface area contributed by atoms with Gasteiger partial charge in [0.15, 0.2) is 0 Å². The quantitative estimate of drug-likeness (QED) is 0.828. The molecular formula is C12H16BrN3S. The third-order valence-corrected chi connectivity index (χ3v) is 4.69. The van der Waals surface area contributed by atoms with Crippen molar-refractivity contribution in [1.82, 2.24) is 14.9 Å². The summed E-state index contributed by atoms with van der Waals surface area (Å²) in [5.41, 5.74) is 0. The largest absolute Gasteiger partial charge is 0.337 e. The van der Waals surface area contributed by atoms with E-state index in [-0.39, 0.29) is 0 Å². The number of aromatic nitrogens is 2. The lowest BCUT2D eigenvalue weighted by Gasteiger charge is -2.12. The summed E-state index contributed by atoms with van der Waals surface area (Å²) in [5, 5.41) is 5.65. The van der Waals surface area contributed by atoms with E-state index in [1.54, 1.807) is 11.3 Å². The van der Waals surface area contributed by atoms with Crippen LogP contribution < -0.4 is 5.32 Å². The van der Waals surface area contributed by atoms with E-state index in [2.05, 4.69) is 49.2 Å². The van der Waals surface area contributed by atoms with Gasteiger partial charge in [-0.15, -0.1) is 11.3 Å². The minimum absolute atomic E-state index is 0.409. The molecule has 1 N–H and O–H groups in total. The SMILES string of the molecule is CC(NCCCn1ccnc1)c1sccc1Br. The zero-order valence-corrected chi connectivity index (χ0v) is 12.2. The number of nitrogens with one attached hydrogen (secondary N) is 1. The fraction of sp³-hybridized carbons (Fsp3) is 0.417. The van der Waals surface area contributed by atoms with Gasteiger partial charge in [-0.2, -0.15) is 0 Å². The monoisotopic (exact) mass is 313 g/mol. The molecule has 17 heavy (non-hydrogen) atoms. The molecule has 2 heterocycles. The number of thiophene rings is 1. The minimum Gasteiger partial charge on any atom is -0.337 e. The van der Waals surface area contributed by atoms with E-state index in [9.17, 15) is 0 Å². The molecule has 1 unspecified atom stereocenters. The van der Waals surface area contributed by atoms with Crippen molar-refractivity contribution in [3.8, 4) is 0 Å². The van der Waals surface area contributed by atoms with Gasteiger partial charge in [0.2, 0.25) is 0 Å². The summed E-state index contributed by atoms with van der Waals surface area (Å²) in [7, 11) is 0. The zero-order valence-electron chi connectivity index (χ0n) is 9.77. The Hall–Kier alpha value is -0.650. The molecule has 2 aromatic rings. The molecule has 2 aromatic heterocycles. The van der Waals surface area contributed by atoms with Gasteiger partial charge in [0.05, 0.1) is 6.33 Å². The number of aryl methyl sites for hydroxylation is 1. The molecule has 0 saturated heterocycles. The summed E-state index contributed by atoms with van der Waals surface area (Å²) in [6, 6.07) is 2.51. The van der Waals surface area contributed by atoms with E-state index in [1.165, 1.54) is 9.35 Å². The second kappa shape index (κ2) is 6.33. The maximum absolute atomic E-state index is 4.03. The van der Waals surface area contributed by atoms with Crippen LogP contribution in [-0.4, -0.2) is 16.1 Å². The maximum atomic E-state index is 4.03. The highest BCUT2D eigenvalue weighted by molar-refractivity contribution is 9.10. The van der Waals surface area contributed by atoms with Gasteiger partial charge in [-0.25, -0.2) is 4.98 Å². The zero-order chi connectivity index (χ0) is 12.1. The summed E-state index contributed by atoms with van der Waals surface area (Å²) >= 11 is 5.35. The van der Waals surface area contributed by atoms with Gasteiger partial charge < -0.3 is 9.88 Å². The number of imidazole rings is 1. The molecule has 0 radical (unpaired) electrons. The Morgan fingerprint density at radius 1 is 1.59 bits per heavy atom. The van der Waals surface area contributed by atoms with Crippen LogP contribution >= 0.6 is 27.3 Å². The van der Waals surface area contributed by atoms with Gasteiger partial charge in [-0.1, -0.05) is 0 Å². The average Bonchev–Trinajstić information content (AvgIpc) is 2.95. The summed E-state index contributed by atoms with van der Waals surface area (Å²) in [6.45, 7) is 4.24. The van der Waals surface area contributed by atoms with Crippen LogP contribution in [-0.2, 0) is 6.54 Å². The van der Waals surface area contributed by atoms with E-state index >= 15 is 0 Å². The normalized spacial score (nSPS) is 12.8. The summed E-state index contributed by atoms with van der Waals surface area (Å²) in [4.78, 5) is 5.39. The van der Waals surface area contributed by atoms with Gasteiger partial charge in [0.25, 0.3) is 0 Å². The number of rotatable bonds is 6. The minimum atomic E-state index is 0.409. The average molecular weight is 314 g/mol. The predicted molar refractivity (Wildman–Crippen MR) is 75.3 cm³/mol. The van der Waals surface area contributed by atoms with Crippen LogP contribution in [0, 0.1) is 0 Å². The molecule has 5 heteroatoms. The molecule has 0 aromatic carbocycles. The van der Waals surface area contributed by atoms with Crippen LogP contribution in [0.4, 0.5) is 0 Å². The third kappa shape index (κ3) is 3.66. The highest BCUT2D eigenvalue weighted by Gasteiger charge is 2.09. The number of hydrogen-bond donors (Lipinski definition) is 1. The topological polar surface area (TPSA) is 29.9 Å². The number of halogens is 1. The molecule has 2 rings (SSSR count). The van der Waals surface area contributed by atoms with Crippen molar-refractivity contribution in [3.63, 3.8) is 0 Å². The molecule has 0 fully saturated rings. The molecule has 0 spiro atoms. The van der Waals surface area contributed by atoms with Gasteiger partial charge in [-0.05, 0) is 47.3 Å². The maximum Gasteiger partial charge on any atom is 0.0945 e. The first-order valence-corrected chi connectivity index (χ1v) is 7.36. The second-order valence-corrected chi connectivity index (χ2v) is 5.76. The lowest BCUT2D eigenvalue weighted by molar-refractivity contribution is 0.530. The van der Waals surface area contributed by atoms with E-state index < -0.39 is 0 Å². The Balaban J connectivity index is 1.70. The number of nitrogens with zero attached hydrogens (tertiary/aromatic N) is 2. The van der Waals surface area contributed by atoms with E-state index in [4.69, 9.17) is 0 Å². The third-order valence-electron chi connectivity index (χ3n) is 2.64. The molecule has 0 amide bonds. The standard InChI is InChI=1S/C12H16BrN3S/c1-10(12-11(13)3-8-17-12)15-4-2-6-16-7-5-14-9-16/h3,5,7-10,15H,2,4,6H2,1H3. The molecule has 3 nitrogen and oxygen atoms in total. The molecular weight excluding hydrogens is 298 g/mol. The second-order valence-electron chi connectivity index (χ2n) is 3.96. The van der Waals surface area contributed by atoms with Crippen LogP contribution in [0.25, 0.3) is 0 Å². The Labute approximate surface area is 114 Å². The number of hydrogen-bond acceptors (Lipinski definition) is 3. The van der Waals surface area contributed by atoms with Crippen LogP contribution in [0.3, 0.4) is 0 Å². The van der Waals surface area contributed by atoms with Crippen molar-refractivity contribution < 1.29 is 0 Å². The van der Waals surface area contributed by atoms with Crippen molar-refractivity contribution in [2.45, 2.75) is 25.9 Å². The molecule has 92 valence electrons. The molecule has 0 aliphatic carbocycles. The van der Waals surface area contributed by atoms with Gasteiger partial charge >= 0.3 is 0 Å². The van der Waals surface area contributed by atoms with E-state index in [0.717, 1.165) is 19.5 Å². The van der Waals surface area contributed by atoms with Gasteiger partial charge in [-0.3, -0.25) is 0 Å². The van der Waals surface area contributed by atoms with Crippen molar-refractivity contribution in [2.75, 3.05) is 6.54 Å². The summed E-state index contributed by atoms with van der Waals surface area (Å²) < 4.78 is 3.31. The highest BCUT2D eigenvalue weighted by Crippen LogP contribution is 2.28. The van der Waals surface area contributed by atoms with E-state index in [1.807, 2.05) is 18.7 Å². The van der Waals surface area contributed by atoms with Crippen molar-refractivity contribution in [1.29, 1.82) is 0 Å². The Bertz CT molecular complexity index is 438. The van der Waals surface area contributed by atoms with Crippen LogP contribution in [0.15, 0.2) is 34.6 Å². The molecule has 1 atom stereocenters.